The third-order valence-corrected chi connectivity index (χ3v) is 8.42. The van der Waals surface area contributed by atoms with Gasteiger partial charge in [-0.2, -0.15) is 5.10 Å². The fourth-order valence-corrected chi connectivity index (χ4v) is 6.81. The van der Waals surface area contributed by atoms with Crippen LogP contribution in [0.2, 0.25) is 5.02 Å². The van der Waals surface area contributed by atoms with Gasteiger partial charge in [0, 0.05) is 38.3 Å². The SMILES string of the molecule is Cc1cn2cnnc2cc1C[C@@H](C)CN1CC2(CC(Cc3ccc(Cl)c4c(=O)n(C)ncc34)C2)C1. The minimum absolute atomic E-state index is 0.125. The van der Waals surface area contributed by atoms with Crippen LogP contribution >= 0.6 is 11.6 Å². The molecule has 0 N–H and O–H groups in total. The molecule has 1 aliphatic heterocycles. The van der Waals surface area contributed by atoms with Crippen molar-refractivity contribution in [1.82, 2.24) is 29.3 Å². The number of rotatable bonds is 6. The maximum atomic E-state index is 12.5. The van der Waals surface area contributed by atoms with Crippen LogP contribution in [0.4, 0.5) is 0 Å². The molecular formula is C27H31ClN6O. The van der Waals surface area contributed by atoms with Crippen LogP contribution in [-0.4, -0.2) is 48.9 Å². The van der Waals surface area contributed by atoms with Crippen LogP contribution in [-0.2, 0) is 19.9 Å². The van der Waals surface area contributed by atoms with Crippen molar-refractivity contribution in [1.29, 1.82) is 0 Å². The molecule has 8 heteroatoms. The lowest BCUT2D eigenvalue weighted by atomic mass is 9.56. The molecule has 0 unspecified atom stereocenters. The number of likely N-dealkylation sites (tertiary alicyclic amines) is 1. The molecular weight excluding hydrogens is 460 g/mol. The molecule has 2 aliphatic rings. The molecule has 182 valence electrons. The Morgan fingerprint density at radius 3 is 2.83 bits per heavy atom. The van der Waals surface area contributed by atoms with E-state index in [0.717, 1.165) is 30.4 Å². The predicted octanol–water partition coefficient (Wildman–Crippen LogP) is 4.07. The molecule has 1 atom stereocenters. The van der Waals surface area contributed by atoms with E-state index in [4.69, 9.17) is 11.6 Å². The normalized spacial score (nSPS) is 18.7. The van der Waals surface area contributed by atoms with Crippen molar-refractivity contribution >= 4 is 28.0 Å². The number of pyridine rings is 1. The van der Waals surface area contributed by atoms with E-state index < -0.39 is 0 Å². The molecule has 0 radical (unpaired) electrons. The van der Waals surface area contributed by atoms with Crippen molar-refractivity contribution in [2.75, 3.05) is 19.6 Å². The summed E-state index contributed by atoms with van der Waals surface area (Å²) in [5, 5.41) is 14.4. The van der Waals surface area contributed by atoms with Gasteiger partial charge in [0.2, 0.25) is 0 Å². The Morgan fingerprint density at radius 1 is 1.23 bits per heavy atom. The third kappa shape index (κ3) is 4.04. The summed E-state index contributed by atoms with van der Waals surface area (Å²) in [5.41, 5.74) is 5.16. The first-order chi connectivity index (χ1) is 16.8. The Balaban J connectivity index is 1.03. The summed E-state index contributed by atoms with van der Waals surface area (Å²) in [7, 11) is 1.67. The molecule has 1 saturated heterocycles. The highest BCUT2D eigenvalue weighted by Crippen LogP contribution is 2.53. The number of aromatic nitrogens is 5. The van der Waals surface area contributed by atoms with Crippen LogP contribution in [0.3, 0.4) is 0 Å². The second kappa shape index (κ2) is 8.42. The van der Waals surface area contributed by atoms with Gasteiger partial charge in [-0.1, -0.05) is 24.6 Å². The number of hydrogen-bond acceptors (Lipinski definition) is 5. The molecule has 0 bridgehead atoms. The van der Waals surface area contributed by atoms with Crippen molar-refractivity contribution in [2.45, 2.75) is 39.5 Å². The lowest BCUT2D eigenvalue weighted by Crippen LogP contribution is -2.63. The third-order valence-electron chi connectivity index (χ3n) is 8.10. The molecule has 1 aliphatic carbocycles. The first-order valence-electron chi connectivity index (χ1n) is 12.4. The molecule has 7 nitrogen and oxygen atoms in total. The molecule has 3 aromatic heterocycles. The summed E-state index contributed by atoms with van der Waals surface area (Å²) < 4.78 is 3.34. The number of aryl methyl sites for hydroxylation is 2. The smallest absolute Gasteiger partial charge is 0.275 e. The topological polar surface area (TPSA) is 68.3 Å². The number of halogens is 1. The Hall–Kier alpha value is -2.77. The monoisotopic (exact) mass is 490 g/mol. The molecule has 4 heterocycles. The molecule has 4 aromatic rings. The highest BCUT2D eigenvalue weighted by Gasteiger charge is 2.51. The van der Waals surface area contributed by atoms with Crippen molar-refractivity contribution < 1.29 is 0 Å². The van der Waals surface area contributed by atoms with Gasteiger partial charge in [-0.25, -0.2) is 4.68 Å². The highest BCUT2D eigenvalue weighted by molar-refractivity contribution is 6.35. The summed E-state index contributed by atoms with van der Waals surface area (Å²) in [6.07, 6.45) is 10.3. The first kappa shape index (κ1) is 22.7. The Kier molecular flexibility index (Phi) is 5.45. The molecule has 1 aromatic carbocycles. The summed E-state index contributed by atoms with van der Waals surface area (Å²) in [6, 6.07) is 6.12. The Bertz CT molecular complexity index is 1480. The van der Waals surface area contributed by atoms with Gasteiger partial charge in [-0.05, 0) is 78.7 Å². The second-order valence-corrected chi connectivity index (χ2v) is 11.5. The van der Waals surface area contributed by atoms with E-state index in [9.17, 15) is 4.79 Å². The van der Waals surface area contributed by atoms with E-state index in [-0.39, 0.29) is 5.56 Å². The summed E-state index contributed by atoms with van der Waals surface area (Å²) in [5.74, 6) is 1.27. The van der Waals surface area contributed by atoms with Crippen LogP contribution in [0, 0.1) is 24.2 Å². The van der Waals surface area contributed by atoms with Gasteiger partial charge >= 0.3 is 0 Å². The van der Waals surface area contributed by atoms with Gasteiger partial charge in [0.15, 0.2) is 5.65 Å². The van der Waals surface area contributed by atoms with Crippen molar-refractivity contribution in [3.8, 4) is 0 Å². The fourth-order valence-electron chi connectivity index (χ4n) is 6.56. The average molecular weight is 491 g/mol. The van der Waals surface area contributed by atoms with Crippen LogP contribution in [0.15, 0.2) is 41.7 Å². The lowest BCUT2D eigenvalue weighted by molar-refractivity contribution is -0.0979. The zero-order valence-electron chi connectivity index (χ0n) is 20.5. The van der Waals surface area contributed by atoms with Crippen LogP contribution in [0.1, 0.15) is 36.5 Å². The van der Waals surface area contributed by atoms with Crippen molar-refractivity contribution in [3.05, 3.63) is 69.0 Å². The summed E-state index contributed by atoms with van der Waals surface area (Å²) >= 11 is 6.35. The van der Waals surface area contributed by atoms with Gasteiger partial charge in [-0.3, -0.25) is 9.20 Å². The zero-order chi connectivity index (χ0) is 24.3. The molecule has 1 saturated carbocycles. The largest absolute Gasteiger partial charge is 0.302 e. The minimum Gasteiger partial charge on any atom is -0.302 e. The number of nitrogens with zero attached hydrogens (tertiary/aromatic N) is 6. The quantitative estimate of drug-likeness (QED) is 0.407. The standard InChI is InChI=1S/C27H31ClN6O/c1-17(6-21-8-24-31-29-16-34(24)13-18(21)2)12-33-14-27(15-33)9-19(10-27)7-20-4-5-23(28)25-22(20)11-30-32(3)26(25)35/h4-5,8,11,13,16-17,19H,6-7,9-10,12,14-15H2,1-3H3/t17-/m1/s1. The molecule has 35 heavy (non-hydrogen) atoms. The number of fused-ring (bicyclic) bond motifs is 2. The fraction of sp³-hybridized carbons (Fsp3) is 0.481. The van der Waals surface area contributed by atoms with E-state index in [0.29, 0.717) is 27.7 Å². The summed E-state index contributed by atoms with van der Waals surface area (Å²) in [4.78, 5) is 15.2. The Labute approximate surface area is 209 Å². The zero-order valence-corrected chi connectivity index (χ0v) is 21.3. The van der Waals surface area contributed by atoms with Gasteiger partial charge in [0.1, 0.15) is 6.33 Å². The average Bonchev–Trinajstić information content (AvgIpc) is 3.21. The van der Waals surface area contributed by atoms with E-state index in [1.54, 1.807) is 19.6 Å². The van der Waals surface area contributed by atoms with E-state index >= 15 is 0 Å². The maximum Gasteiger partial charge on any atom is 0.275 e. The maximum absolute atomic E-state index is 12.5. The van der Waals surface area contributed by atoms with Crippen molar-refractivity contribution in [3.63, 3.8) is 0 Å². The molecule has 2 fully saturated rings. The Morgan fingerprint density at radius 2 is 2.03 bits per heavy atom. The number of benzene rings is 1. The van der Waals surface area contributed by atoms with E-state index in [1.165, 1.54) is 47.3 Å². The van der Waals surface area contributed by atoms with E-state index in [2.05, 4.69) is 52.4 Å². The first-order valence-corrected chi connectivity index (χ1v) is 12.8. The second-order valence-electron chi connectivity index (χ2n) is 11.1. The van der Waals surface area contributed by atoms with Gasteiger partial charge in [-0.15, -0.1) is 10.2 Å². The number of hydrogen-bond donors (Lipinski definition) is 0. The summed E-state index contributed by atoms with van der Waals surface area (Å²) in [6.45, 7) is 8.08. The predicted molar refractivity (Wildman–Crippen MR) is 138 cm³/mol. The van der Waals surface area contributed by atoms with Crippen LogP contribution < -0.4 is 5.56 Å². The van der Waals surface area contributed by atoms with Gasteiger partial charge in [0.25, 0.3) is 5.56 Å². The van der Waals surface area contributed by atoms with E-state index in [1.807, 2.05) is 10.5 Å². The lowest BCUT2D eigenvalue weighted by Gasteiger charge is -2.60. The van der Waals surface area contributed by atoms with Gasteiger partial charge in [0.05, 0.1) is 16.6 Å². The van der Waals surface area contributed by atoms with Crippen LogP contribution in [0.25, 0.3) is 16.4 Å². The minimum atomic E-state index is -0.125. The van der Waals surface area contributed by atoms with Crippen LogP contribution in [0.5, 0.6) is 0 Å². The molecule has 1 spiro atoms. The van der Waals surface area contributed by atoms with Gasteiger partial charge < -0.3 is 4.90 Å². The van der Waals surface area contributed by atoms with Crippen molar-refractivity contribution in [2.24, 2.45) is 24.3 Å². The molecule has 0 amide bonds. The molecule has 6 rings (SSSR count). The highest BCUT2D eigenvalue weighted by atomic mass is 35.5.